The van der Waals surface area contributed by atoms with E-state index in [1.54, 1.807) is 18.1 Å². The van der Waals surface area contributed by atoms with E-state index in [1.807, 2.05) is 24.3 Å². The van der Waals surface area contributed by atoms with Gasteiger partial charge >= 0.3 is 0 Å². The lowest BCUT2D eigenvalue weighted by atomic mass is 10.2. The van der Waals surface area contributed by atoms with Crippen LogP contribution < -0.4 is 4.74 Å². The summed E-state index contributed by atoms with van der Waals surface area (Å²) in [6.45, 7) is 0.950. The Morgan fingerprint density at radius 1 is 1.07 bits per heavy atom. The number of carbonyl (C=O) groups excluding carboxylic acids is 1. The zero-order valence-corrected chi connectivity index (χ0v) is 18.0. The Bertz CT molecular complexity index is 1030. The average Bonchev–Trinajstić information content (AvgIpc) is 2.74. The quantitative estimate of drug-likeness (QED) is 0.647. The lowest BCUT2D eigenvalue weighted by molar-refractivity contribution is -0.127. The molecule has 0 bridgehead atoms. The second kappa shape index (κ2) is 9.17. The maximum absolute atomic E-state index is 12.9. The predicted octanol–water partition coefficient (Wildman–Crippen LogP) is 3.55. The van der Waals surface area contributed by atoms with Gasteiger partial charge in [0.25, 0.3) is 0 Å². The SMILES string of the molecule is COc1cccc(/C=C/C(=O)N2CCN(S(=O)(=O)c3cc(Cl)ccc3Cl)CC2)c1. The summed E-state index contributed by atoms with van der Waals surface area (Å²) in [6.07, 6.45) is 3.19. The number of rotatable bonds is 5. The van der Waals surface area contributed by atoms with Crippen LogP contribution in [0.2, 0.25) is 10.0 Å². The van der Waals surface area contributed by atoms with Gasteiger partial charge in [-0.3, -0.25) is 4.79 Å². The number of methoxy groups -OCH3 is 1. The van der Waals surface area contributed by atoms with E-state index < -0.39 is 10.0 Å². The van der Waals surface area contributed by atoms with E-state index in [1.165, 1.54) is 28.6 Å². The van der Waals surface area contributed by atoms with Crippen LogP contribution in [0.25, 0.3) is 6.08 Å². The number of hydrogen-bond donors (Lipinski definition) is 0. The minimum absolute atomic E-state index is 0.0237. The third kappa shape index (κ3) is 5.11. The van der Waals surface area contributed by atoms with Crippen molar-refractivity contribution in [2.45, 2.75) is 4.90 Å². The second-order valence-corrected chi connectivity index (χ2v) is 9.16. The molecule has 0 aliphatic carbocycles. The number of piperazine rings is 1. The Kier molecular flexibility index (Phi) is 6.85. The van der Waals surface area contributed by atoms with E-state index in [2.05, 4.69) is 0 Å². The molecule has 29 heavy (non-hydrogen) atoms. The molecule has 0 aromatic heterocycles. The smallest absolute Gasteiger partial charge is 0.246 e. The summed E-state index contributed by atoms with van der Waals surface area (Å²) in [5, 5.41) is 0.415. The Balaban J connectivity index is 1.64. The minimum atomic E-state index is -3.78. The number of sulfonamides is 1. The first-order valence-electron chi connectivity index (χ1n) is 8.87. The van der Waals surface area contributed by atoms with Gasteiger partial charge < -0.3 is 9.64 Å². The summed E-state index contributed by atoms with van der Waals surface area (Å²) in [6, 6.07) is 11.7. The van der Waals surface area contributed by atoms with Crippen molar-refractivity contribution < 1.29 is 17.9 Å². The molecular weight excluding hydrogens is 435 g/mol. The van der Waals surface area contributed by atoms with Crippen LogP contribution in [0.4, 0.5) is 0 Å². The molecule has 154 valence electrons. The van der Waals surface area contributed by atoms with Crippen LogP contribution in [0.3, 0.4) is 0 Å². The summed E-state index contributed by atoms with van der Waals surface area (Å²) in [5.41, 5.74) is 0.842. The number of ether oxygens (including phenoxy) is 1. The highest BCUT2D eigenvalue weighted by Crippen LogP contribution is 2.28. The van der Waals surface area contributed by atoms with Crippen molar-refractivity contribution in [3.8, 4) is 5.75 Å². The van der Waals surface area contributed by atoms with E-state index in [9.17, 15) is 13.2 Å². The normalized spacial score (nSPS) is 15.6. The largest absolute Gasteiger partial charge is 0.497 e. The van der Waals surface area contributed by atoms with Crippen LogP contribution in [0.5, 0.6) is 5.75 Å². The van der Waals surface area contributed by atoms with Crippen LogP contribution in [0.15, 0.2) is 53.4 Å². The maximum Gasteiger partial charge on any atom is 0.246 e. The first-order chi connectivity index (χ1) is 13.8. The third-order valence-corrected chi connectivity index (χ3v) is 7.19. The molecule has 1 heterocycles. The fourth-order valence-electron chi connectivity index (χ4n) is 2.98. The van der Waals surface area contributed by atoms with Gasteiger partial charge in [-0.1, -0.05) is 35.3 Å². The molecule has 2 aromatic rings. The average molecular weight is 455 g/mol. The number of nitrogens with zero attached hydrogens (tertiary/aromatic N) is 2. The molecule has 1 saturated heterocycles. The van der Waals surface area contributed by atoms with Gasteiger partial charge in [-0.25, -0.2) is 8.42 Å². The third-order valence-electron chi connectivity index (χ3n) is 4.57. The lowest BCUT2D eigenvalue weighted by Crippen LogP contribution is -2.50. The molecule has 1 fully saturated rings. The fraction of sp³-hybridized carbons (Fsp3) is 0.250. The van der Waals surface area contributed by atoms with Gasteiger partial charge in [-0.2, -0.15) is 4.31 Å². The van der Waals surface area contributed by atoms with Crippen molar-refractivity contribution in [2.75, 3.05) is 33.3 Å². The number of halogens is 2. The van der Waals surface area contributed by atoms with Gasteiger partial charge in [0, 0.05) is 37.3 Å². The molecule has 0 unspecified atom stereocenters. The van der Waals surface area contributed by atoms with Crippen molar-refractivity contribution in [3.63, 3.8) is 0 Å². The summed E-state index contributed by atoms with van der Waals surface area (Å²) >= 11 is 12.0. The first-order valence-corrected chi connectivity index (χ1v) is 11.1. The molecule has 0 spiro atoms. The number of benzene rings is 2. The summed E-state index contributed by atoms with van der Waals surface area (Å²) in [4.78, 5) is 14.0. The van der Waals surface area contributed by atoms with Crippen LogP contribution in [-0.4, -0.2) is 56.8 Å². The van der Waals surface area contributed by atoms with Crippen LogP contribution in [0, 0.1) is 0 Å². The zero-order valence-electron chi connectivity index (χ0n) is 15.7. The standard InChI is InChI=1S/C20H20Cl2N2O4S/c1-28-17-4-2-3-15(13-17)5-8-20(25)23-9-11-24(12-10-23)29(26,27)19-14-16(21)6-7-18(19)22/h2-8,13-14H,9-12H2,1H3/b8-5+. The van der Waals surface area contributed by atoms with Crippen LogP contribution in [-0.2, 0) is 14.8 Å². The van der Waals surface area contributed by atoms with Gasteiger partial charge in [0.2, 0.25) is 15.9 Å². The molecule has 6 nitrogen and oxygen atoms in total. The highest BCUT2D eigenvalue weighted by molar-refractivity contribution is 7.89. The van der Waals surface area contributed by atoms with Gasteiger partial charge in [0.05, 0.1) is 12.1 Å². The minimum Gasteiger partial charge on any atom is -0.497 e. The molecular formula is C20H20Cl2N2O4S. The maximum atomic E-state index is 12.9. The molecule has 0 N–H and O–H groups in total. The Morgan fingerprint density at radius 2 is 1.79 bits per heavy atom. The Labute approximate surface area is 180 Å². The highest BCUT2D eigenvalue weighted by Gasteiger charge is 2.31. The second-order valence-electron chi connectivity index (χ2n) is 6.41. The molecule has 1 amide bonds. The van der Waals surface area contributed by atoms with Crippen molar-refractivity contribution in [2.24, 2.45) is 0 Å². The van der Waals surface area contributed by atoms with Crippen molar-refractivity contribution in [1.29, 1.82) is 0 Å². The van der Waals surface area contributed by atoms with Gasteiger partial charge in [0.15, 0.2) is 0 Å². The summed E-state index contributed by atoms with van der Waals surface area (Å²) in [7, 11) is -2.20. The topological polar surface area (TPSA) is 66.9 Å². The van der Waals surface area contributed by atoms with Crippen molar-refractivity contribution in [1.82, 2.24) is 9.21 Å². The fourth-order valence-corrected chi connectivity index (χ4v) is 5.14. The summed E-state index contributed by atoms with van der Waals surface area (Å²) in [5.74, 6) is 0.531. The van der Waals surface area contributed by atoms with E-state index in [-0.39, 0.29) is 28.9 Å². The first kappa shape index (κ1) is 21.6. The number of carbonyl (C=O) groups is 1. The molecule has 9 heteroatoms. The van der Waals surface area contributed by atoms with E-state index in [0.717, 1.165) is 5.56 Å². The predicted molar refractivity (Wildman–Crippen MR) is 114 cm³/mol. The van der Waals surface area contributed by atoms with Crippen molar-refractivity contribution >= 4 is 45.2 Å². The summed E-state index contributed by atoms with van der Waals surface area (Å²) < 4.78 is 32.2. The van der Waals surface area contributed by atoms with Crippen molar-refractivity contribution in [3.05, 3.63) is 64.1 Å². The van der Waals surface area contributed by atoms with E-state index in [0.29, 0.717) is 23.9 Å². The lowest BCUT2D eigenvalue weighted by Gasteiger charge is -2.33. The molecule has 0 radical (unpaired) electrons. The molecule has 0 atom stereocenters. The monoisotopic (exact) mass is 454 g/mol. The highest BCUT2D eigenvalue weighted by atomic mass is 35.5. The Hall–Kier alpha value is -2.06. The van der Waals surface area contributed by atoms with Crippen LogP contribution >= 0.6 is 23.2 Å². The molecule has 1 aliphatic heterocycles. The molecule has 3 rings (SSSR count). The Morgan fingerprint density at radius 3 is 2.48 bits per heavy atom. The van der Waals surface area contributed by atoms with Gasteiger partial charge in [-0.05, 0) is 42.0 Å². The van der Waals surface area contributed by atoms with Gasteiger partial charge in [-0.15, -0.1) is 0 Å². The van der Waals surface area contributed by atoms with Crippen LogP contribution in [0.1, 0.15) is 5.56 Å². The molecule has 0 saturated carbocycles. The van der Waals surface area contributed by atoms with E-state index >= 15 is 0 Å². The number of hydrogen-bond acceptors (Lipinski definition) is 4. The zero-order chi connectivity index (χ0) is 21.0. The number of amides is 1. The molecule has 1 aliphatic rings. The van der Waals surface area contributed by atoms with Gasteiger partial charge in [0.1, 0.15) is 10.6 Å². The van der Waals surface area contributed by atoms with E-state index in [4.69, 9.17) is 27.9 Å². The molecule has 2 aromatic carbocycles.